The van der Waals surface area contributed by atoms with Gasteiger partial charge in [-0.1, -0.05) is 17.7 Å². The van der Waals surface area contributed by atoms with Crippen molar-refractivity contribution in [2.75, 3.05) is 18.0 Å². The lowest BCUT2D eigenvalue weighted by atomic mass is 10.2. The van der Waals surface area contributed by atoms with Crippen molar-refractivity contribution < 1.29 is 17.9 Å². The first-order valence-electron chi connectivity index (χ1n) is 8.80. The number of nitrogens with one attached hydrogen (secondary N) is 1. The summed E-state index contributed by atoms with van der Waals surface area (Å²) < 4.78 is 32.8. The molecule has 2 aromatic rings. The van der Waals surface area contributed by atoms with Gasteiger partial charge >= 0.3 is 0 Å². The van der Waals surface area contributed by atoms with Crippen LogP contribution in [0.15, 0.2) is 53.4 Å². The van der Waals surface area contributed by atoms with E-state index in [4.69, 9.17) is 4.74 Å². The van der Waals surface area contributed by atoms with Crippen LogP contribution in [-0.4, -0.2) is 33.5 Å². The third-order valence-corrected chi connectivity index (χ3v) is 5.34. The van der Waals surface area contributed by atoms with E-state index in [0.29, 0.717) is 5.69 Å². The van der Waals surface area contributed by atoms with E-state index >= 15 is 0 Å². The highest BCUT2D eigenvalue weighted by molar-refractivity contribution is 7.89. The van der Waals surface area contributed by atoms with Gasteiger partial charge in [0.15, 0.2) is 0 Å². The molecule has 0 radical (unpaired) electrons. The molecule has 0 saturated heterocycles. The van der Waals surface area contributed by atoms with Crippen LogP contribution in [0.25, 0.3) is 0 Å². The fourth-order valence-corrected chi connectivity index (χ4v) is 3.56. The van der Waals surface area contributed by atoms with E-state index in [1.54, 1.807) is 48.5 Å². The average Bonchev–Trinajstić information content (AvgIpc) is 2.59. The second-order valence-electron chi connectivity index (χ2n) is 6.54. The highest BCUT2D eigenvalue weighted by Crippen LogP contribution is 2.20. The van der Waals surface area contributed by atoms with Crippen molar-refractivity contribution in [1.82, 2.24) is 4.72 Å². The second kappa shape index (κ2) is 9.01. The van der Waals surface area contributed by atoms with Crippen LogP contribution in [0.2, 0.25) is 0 Å². The van der Waals surface area contributed by atoms with Gasteiger partial charge in [-0.3, -0.25) is 4.79 Å². The number of hydrogen-bond acceptors (Lipinski definition) is 4. The summed E-state index contributed by atoms with van der Waals surface area (Å²) in [5.74, 6) is 0.555. The highest BCUT2D eigenvalue weighted by Gasteiger charge is 2.16. The van der Waals surface area contributed by atoms with Crippen molar-refractivity contribution in [2.24, 2.45) is 0 Å². The molecule has 0 aliphatic heterocycles. The summed E-state index contributed by atoms with van der Waals surface area (Å²) in [6.07, 6.45) is 0.0657. The fourth-order valence-electron chi connectivity index (χ4n) is 2.54. The highest BCUT2D eigenvalue weighted by atomic mass is 32.2. The van der Waals surface area contributed by atoms with Gasteiger partial charge in [-0.2, -0.15) is 0 Å². The number of hydrogen-bond donors (Lipinski definition) is 1. The van der Waals surface area contributed by atoms with Crippen LogP contribution in [0.4, 0.5) is 5.69 Å². The zero-order valence-corrected chi connectivity index (χ0v) is 16.9. The molecular formula is C20H26N2O4S. The summed E-state index contributed by atoms with van der Waals surface area (Å²) in [5, 5.41) is 0. The number of anilines is 1. The number of rotatable bonds is 8. The number of benzene rings is 2. The van der Waals surface area contributed by atoms with Gasteiger partial charge < -0.3 is 9.64 Å². The van der Waals surface area contributed by atoms with E-state index in [0.717, 1.165) is 11.3 Å². The lowest BCUT2D eigenvalue weighted by Gasteiger charge is -2.22. The van der Waals surface area contributed by atoms with Crippen LogP contribution < -0.4 is 14.4 Å². The lowest BCUT2D eigenvalue weighted by molar-refractivity contribution is -0.116. The summed E-state index contributed by atoms with van der Waals surface area (Å²) >= 11 is 0. The standard InChI is InChI=1S/C20H26N2O4S/c1-15(2)26-19-9-7-18(8-10-19)22(17(4)23)14-13-21-27(24,25)20-11-5-16(3)6-12-20/h5-12,15,21H,13-14H2,1-4H3. The molecular weight excluding hydrogens is 364 g/mol. The number of carbonyl (C=O) groups is 1. The zero-order valence-electron chi connectivity index (χ0n) is 16.1. The van der Waals surface area contributed by atoms with E-state index in [1.807, 2.05) is 20.8 Å². The normalized spacial score (nSPS) is 11.4. The quantitative estimate of drug-likeness (QED) is 0.751. The second-order valence-corrected chi connectivity index (χ2v) is 8.31. The SMILES string of the molecule is CC(=O)N(CCNS(=O)(=O)c1ccc(C)cc1)c1ccc(OC(C)C)cc1. The molecule has 0 spiro atoms. The molecule has 0 atom stereocenters. The molecule has 7 heteroatoms. The number of sulfonamides is 1. The van der Waals surface area contributed by atoms with Crippen LogP contribution >= 0.6 is 0 Å². The maximum atomic E-state index is 12.3. The molecule has 27 heavy (non-hydrogen) atoms. The molecule has 1 amide bonds. The fraction of sp³-hybridized carbons (Fsp3) is 0.350. The Hall–Kier alpha value is -2.38. The predicted molar refractivity (Wildman–Crippen MR) is 107 cm³/mol. The third kappa shape index (κ3) is 6.08. The summed E-state index contributed by atoms with van der Waals surface area (Å²) in [5.41, 5.74) is 1.68. The van der Waals surface area contributed by atoms with Crippen molar-refractivity contribution >= 4 is 21.6 Å². The van der Waals surface area contributed by atoms with Gasteiger partial charge in [0.25, 0.3) is 0 Å². The van der Waals surface area contributed by atoms with Crippen LogP contribution in [0.5, 0.6) is 5.75 Å². The largest absolute Gasteiger partial charge is 0.491 e. The van der Waals surface area contributed by atoms with Crippen molar-refractivity contribution in [3.8, 4) is 5.75 Å². The van der Waals surface area contributed by atoms with E-state index < -0.39 is 10.0 Å². The molecule has 0 aliphatic carbocycles. The van der Waals surface area contributed by atoms with Crippen LogP contribution in [-0.2, 0) is 14.8 Å². The monoisotopic (exact) mass is 390 g/mol. The number of ether oxygens (including phenoxy) is 1. The third-order valence-electron chi connectivity index (χ3n) is 3.86. The number of amides is 1. The average molecular weight is 391 g/mol. The molecule has 0 bridgehead atoms. The van der Waals surface area contributed by atoms with Crippen molar-refractivity contribution in [1.29, 1.82) is 0 Å². The van der Waals surface area contributed by atoms with Gasteiger partial charge in [0, 0.05) is 25.7 Å². The lowest BCUT2D eigenvalue weighted by Crippen LogP contribution is -2.37. The maximum absolute atomic E-state index is 12.3. The molecule has 6 nitrogen and oxygen atoms in total. The van der Waals surface area contributed by atoms with Gasteiger partial charge in [-0.15, -0.1) is 0 Å². The Kier molecular flexibility index (Phi) is 6.98. The minimum absolute atomic E-state index is 0.0657. The van der Waals surface area contributed by atoms with Crippen LogP contribution in [0.3, 0.4) is 0 Å². The summed E-state index contributed by atoms with van der Waals surface area (Å²) in [6, 6.07) is 13.8. The van der Waals surface area contributed by atoms with Gasteiger partial charge in [0.1, 0.15) is 5.75 Å². The van der Waals surface area contributed by atoms with Gasteiger partial charge in [-0.25, -0.2) is 13.1 Å². The predicted octanol–water partition coefficient (Wildman–Crippen LogP) is 3.11. The summed E-state index contributed by atoms with van der Waals surface area (Å²) in [7, 11) is -3.61. The van der Waals surface area contributed by atoms with E-state index in [2.05, 4.69) is 4.72 Å². The first-order valence-corrected chi connectivity index (χ1v) is 10.3. The van der Waals surface area contributed by atoms with Crippen LogP contribution in [0, 0.1) is 6.92 Å². The first-order chi connectivity index (χ1) is 12.7. The smallest absolute Gasteiger partial charge is 0.240 e. The molecule has 2 aromatic carbocycles. The zero-order chi connectivity index (χ0) is 20.0. The van der Waals surface area contributed by atoms with Gasteiger partial charge in [0.05, 0.1) is 11.0 Å². The Morgan fingerprint density at radius 3 is 2.19 bits per heavy atom. The first kappa shape index (κ1) is 20.9. The number of aryl methyl sites for hydroxylation is 1. The minimum atomic E-state index is -3.61. The Labute approximate surface area is 161 Å². The molecule has 0 heterocycles. The van der Waals surface area contributed by atoms with Crippen LogP contribution in [0.1, 0.15) is 26.3 Å². The minimum Gasteiger partial charge on any atom is -0.491 e. The number of carbonyl (C=O) groups excluding carboxylic acids is 1. The topological polar surface area (TPSA) is 75.7 Å². The molecule has 0 aliphatic rings. The van der Waals surface area contributed by atoms with Crippen molar-refractivity contribution in [3.05, 3.63) is 54.1 Å². The Morgan fingerprint density at radius 2 is 1.67 bits per heavy atom. The molecule has 0 fully saturated rings. The molecule has 0 unspecified atom stereocenters. The molecule has 0 aromatic heterocycles. The molecule has 0 saturated carbocycles. The van der Waals surface area contributed by atoms with E-state index in [1.165, 1.54) is 11.8 Å². The summed E-state index contributed by atoms with van der Waals surface area (Å²) in [4.78, 5) is 13.7. The van der Waals surface area contributed by atoms with E-state index in [-0.39, 0.29) is 30.0 Å². The number of nitrogens with zero attached hydrogens (tertiary/aromatic N) is 1. The van der Waals surface area contributed by atoms with Gasteiger partial charge in [0.2, 0.25) is 15.9 Å². The molecule has 2 rings (SSSR count). The van der Waals surface area contributed by atoms with Crippen molar-refractivity contribution in [3.63, 3.8) is 0 Å². The Morgan fingerprint density at radius 1 is 1.07 bits per heavy atom. The molecule has 146 valence electrons. The molecule has 1 N–H and O–H groups in total. The van der Waals surface area contributed by atoms with Gasteiger partial charge in [-0.05, 0) is 57.2 Å². The van der Waals surface area contributed by atoms with Crippen molar-refractivity contribution in [2.45, 2.75) is 38.7 Å². The maximum Gasteiger partial charge on any atom is 0.240 e. The summed E-state index contributed by atoms with van der Waals surface area (Å²) in [6.45, 7) is 7.57. The Bertz CT molecular complexity index is 860. The van der Waals surface area contributed by atoms with E-state index in [9.17, 15) is 13.2 Å². The Balaban J connectivity index is 2.02.